The molecule has 2 aromatic rings. The Labute approximate surface area is 203 Å². The summed E-state index contributed by atoms with van der Waals surface area (Å²) in [5.41, 5.74) is 0.931. The molecule has 1 unspecified atom stereocenters. The number of allylic oxidation sites excluding steroid dienone is 2. The van der Waals surface area contributed by atoms with Crippen LogP contribution < -0.4 is 10.6 Å². The number of urea groups is 1. The number of carbonyl (C=O) groups excluding carboxylic acids is 1. The number of alkyl halides is 1. The van der Waals surface area contributed by atoms with Crippen LogP contribution in [0.5, 0.6) is 0 Å². The molecular formula is C26H28BrN5O. The van der Waals surface area contributed by atoms with Gasteiger partial charge in [-0.1, -0.05) is 70.9 Å². The normalized spacial score (nSPS) is 21.1. The maximum atomic E-state index is 13.8. The zero-order valence-electron chi connectivity index (χ0n) is 18.5. The van der Waals surface area contributed by atoms with Gasteiger partial charge in [0.25, 0.3) is 0 Å². The molecule has 0 aliphatic heterocycles. The Balaban J connectivity index is 1.68. The number of hydrogen-bond donors (Lipinski definition) is 2. The van der Waals surface area contributed by atoms with E-state index < -0.39 is 10.1 Å². The lowest BCUT2D eigenvalue weighted by atomic mass is 9.85. The predicted octanol–water partition coefficient (Wildman–Crippen LogP) is 5.84. The third kappa shape index (κ3) is 5.28. The van der Waals surface area contributed by atoms with E-state index in [9.17, 15) is 4.79 Å². The lowest BCUT2D eigenvalue weighted by Crippen LogP contribution is -2.66. The van der Waals surface area contributed by atoms with Gasteiger partial charge in [0.05, 0.1) is 5.56 Å². The maximum absolute atomic E-state index is 13.8. The molecule has 1 aromatic heterocycles. The average Bonchev–Trinajstić information content (AvgIpc) is 2.85. The summed E-state index contributed by atoms with van der Waals surface area (Å²) in [6.45, 7) is 0.448. The van der Waals surface area contributed by atoms with Gasteiger partial charge in [0, 0.05) is 19.2 Å². The number of nitrogens with zero attached hydrogens (tertiary/aromatic N) is 3. The number of pyridine rings is 1. The smallest absolute Gasteiger partial charge is 0.320 e. The first kappa shape index (κ1) is 23.1. The summed E-state index contributed by atoms with van der Waals surface area (Å²) < 4.78 is -0.667. The van der Waals surface area contributed by atoms with Crippen molar-refractivity contribution < 1.29 is 4.79 Å². The molecule has 0 saturated heterocycles. The Morgan fingerprint density at radius 3 is 2.55 bits per heavy atom. The molecule has 4 rings (SSSR count). The molecular weight excluding hydrogens is 478 g/mol. The molecule has 0 radical (unpaired) electrons. The van der Waals surface area contributed by atoms with Crippen LogP contribution in [0.25, 0.3) is 0 Å². The van der Waals surface area contributed by atoms with E-state index in [0.29, 0.717) is 24.3 Å². The number of nitrogens with one attached hydrogen (secondary N) is 2. The van der Waals surface area contributed by atoms with Crippen molar-refractivity contribution >= 4 is 27.8 Å². The van der Waals surface area contributed by atoms with Gasteiger partial charge in [-0.05, 0) is 49.5 Å². The quantitative estimate of drug-likeness (QED) is 0.293. The maximum Gasteiger partial charge on any atom is 0.320 e. The van der Waals surface area contributed by atoms with E-state index in [4.69, 9.17) is 5.26 Å². The van der Waals surface area contributed by atoms with E-state index in [-0.39, 0.29) is 6.03 Å². The molecule has 1 aromatic carbocycles. The molecule has 2 amide bonds. The number of nitriles is 1. The molecule has 170 valence electrons. The highest BCUT2D eigenvalue weighted by Crippen LogP contribution is 2.44. The van der Waals surface area contributed by atoms with Crippen LogP contribution in [0.2, 0.25) is 0 Å². The van der Waals surface area contributed by atoms with E-state index >= 15 is 0 Å². The second kappa shape index (κ2) is 10.2. The molecule has 1 heterocycles. The van der Waals surface area contributed by atoms with Gasteiger partial charge in [0.1, 0.15) is 22.0 Å². The minimum Gasteiger partial charge on any atom is -0.347 e. The lowest BCUT2D eigenvalue weighted by Gasteiger charge is -2.53. The van der Waals surface area contributed by atoms with Gasteiger partial charge >= 0.3 is 6.03 Å². The van der Waals surface area contributed by atoms with Crippen molar-refractivity contribution in [3.63, 3.8) is 0 Å². The average molecular weight is 506 g/mol. The number of carbonyl (C=O) groups is 1. The Kier molecular flexibility index (Phi) is 7.14. The molecule has 2 N–H and O–H groups in total. The first-order valence-electron chi connectivity index (χ1n) is 11.3. The second-order valence-electron chi connectivity index (χ2n) is 8.55. The molecule has 1 atom stereocenters. The van der Waals surface area contributed by atoms with Crippen molar-refractivity contribution in [2.75, 3.05) is 5.32 Å². The first-order valence-corrected chi connectivity index (χ1v) is 12.1. The van der Waals surface area contributed by atoms with Crippen molar-refractivity contribution in [1.82, 2.24) is 15.2 Å². The second-order valence-corrected chi connectivity index (χ2v) is 9.92. The highest BCUT2D eigenvalue weighted by atomic mass is 79.9. The minimum absolute atomic E-state index is 0.140. The van der Waals surface area contributed by atoms with Gasteiger partial charge in [-0.25, -0.2) is 9.78 Å². The number of hydrogen-bond acceptors (Lipinski definition) is 4. The topological polar surface area (TPSA) is 81.0 Å². The number of anilines is 1. The van der Waals surface area contributed by atoms with Crippen molar-refractivity contribution in [3.8, 4) is 6.07 Å². The fourth-order valence-electron chi connectivity index (χ4n) is 4.63. The Morgan fingerprint density at radius 2 is 1.91 bits per heavy atom. The van der Waals surface area contributed by atoms with Crippen LogP contribution in [0, 0.1) is 11.3 Å². The third-order valence-electron chi connectivity index (χ3n) is 6.23. The number of halogens is 1. The highest BCUT2D eigenvalue weighted by molar-refractivity contribution is 9.10. The van der Waals surface area contributed by atoms with Crippen LogP contribution in [0.15, 0.2) is 73.0 Å². The van der Waals surface area contributed by atoms with Crippen molar-refractivity contribution in [2.45, 2.75) is 55.2 Å². The third-order valence-corrected chi connectivity index (χ3v) is 7.17. The highest BCUT2D eigenvalue weighted by Gasteiger charge is 2.49. The molecule has 33 heavy (non-hydrogen) atoms. The van der Waals surface area contributed by atoms with Gasteiger partial charge in [-0.2, -0.15) is 5.26 Å². The fraction of sp³-hybridized carbons (Fsp3) is 0.346. The van der Waals surface area contributed by atoms with Crippen molar-refractivity contribution in [3.05, 3.63) is 84.1 Å². The summed E-state index contributed by atoms with van der Waals surface area (Å²) in [7, 11) is 0. The Morgan fingerprint density at radius 1 is 1.12 bits per heavy atom. The molecule has 7 heteroatoms. The van der Waals surface area contributed by atoms with Gasteiger partial charge < -0.3 is 10.6 Å². The fourth-order valence-corrected chi connectivity index (χ4v) is 5.47. The van der Waals surface area contributed by atoms with Gasteiger partial charge in [-0.15, -0.1) is 0 Å². The van der Waals surface area contributed by atoms with Crippen LogP contribution >= 0.6 is 15.9 Å². The van der Waals surface area contributed by atoms with Crippen LogP contribution in [0.3, 0.4) is 0 Å². The molecule has 2 aliphatic rings. The zero-order chi connectivity index (χ0) is 23.2. The van der Waals surface area contributed by atoms with Crippen LogP contribution in [0.4, 0.5) is 10.6 Å². The van der Waals surface area contributed by atoms with Crippen LogP contribution in [-0.2, 0) is 6.54 Å². The summed E-state index contributed by atoms with van der Waals surface area (Å²) in [6.07, 6.45) is 15.1. The van der Waals surface area contributed by atoms with E-state index in [1.165, 1.54) is 0 Å². The number of amides is 2. The molecule has 6 nitrogen and oxygen atoms in total. The summed E-state index contributed by atoms with van der Waals surface area (Å²) in [5, 5.41) is 15.9. The monoisotopic (exact) mass is 505 g/mol. The summed E-state index contributed by atoms with van der Waals surface area (Å²) in [4.78, 5) is 20.2. The minimum atomic E-state index is -0.667. The molecule has 1 fully saturated rings. The Hall–Kier alpha value is -3.11. The lowest BCUT2D eigenvalue weighted by molar-refractivity contribution is 0.0696. The number of aromatic nitrogens is 1. The molecule has 0 spiro atoms. The van der Waals surface area contributed by atoms with Gasteiger partial charge in [0.2, 0.25) is 0 Å². The van der Waals surface area contributed by atoms with E-state index in [1.54, 1.807) is 12.3 Å². The van der Waals surface area contributed by atoms with Gasteiger partial charge in [-0.3, -0.25) is 4.90 Å². The van der Waals surface area contributed by atoms with Crippen molar-refractivity contribution in [1.29, 1.82) is 5.26 Å². The van der Waals surface area contributed by atoms with E-state index in [0.717, 1.165) is 37.7 Å². The largest absolute Gasteiger partial charge is 0.347 e. The molecule has 1 saturated carbocycles. The summed E-state index contributed by atoms with van der Waals surface area (Å²) >= 11 is 3.92. The zero-order valence-corrected chi connectivity index (χ0v) is 20.1. The predicted molar refractivity (Wildman–Crippen MR) is 133 cm³/mol. The summed E-state index contributed by atoms with van der Waals surface area (Å²) in [6, 6.07) is 15.5. The van der Waals surface area contributed by atoms with Gasteiger partial charge in [0.15, 0.2) is 0 Å². The van der Waals surface area contributed by atoms with E-state index in [1.807, 2.05) is 59.5 Å². The van der Waals surface area contributed by atoms with E-state index in [2.05, 4.69) is 43.7 Å². The Bertz CT molecular complexity index is 1050. The van der Waals surface area contributed by atoms with Crippen LogP contribution in [-0.4, -0.2) is 26.0 Å². The summed E-state index contributed by atoms with van der Waals surface area (Å²) in [5.74, 6) is 0.656. The number of benzene rings is 1. The first-order chi connectivity index (χ1) is 16.0. The molecule has 2 aliphatic carbocycles. The molecule has 0 bridgehead atoms. The number of rotatable bonds is 6. The standard InChI is InChI=1S/C26H28BrN5O/c27-25(14-6-2-7-15-25)32(24(33)30-19-21-10-4-1-5-11-21)26(16-8-3-9-17-26)31-23-13-12-22(18-28)20-29-23/h1-2,4-7,10-14,20H,3,8-9,15-17,19H2,(H,29,31)(H,30,33). The SMILES string of the molecule is N#Cc1ccc(NC2(N(C(=O)NCc3ccccc3)C3(Br)C=CC=CC3)CCCCC2)nc1. The van der Waals surface area contributed by atoms with Crippen LogP contribution in [0.1, 0.15) is 49.7 Å². The van der Waals surface area contributed by atoms with Crippen molar-refractivity contribution in [2.24, 2.45) is 0 Å².